The number of anilines is 1. The second-order valence-electron chi connectivity index (χ2n) is 10.3. The first kappa shape index (κ1) is 25.7. The van der Waals surface area contributed by atoms with E-state index in [0.717, 1.165) is 23.3 Å². The number of aliphatic hydroxyl groups is 1. The first-order valence-electron chi connectivity index (χ1n) is 12.9. The van der Waals surface area contributed by atoms with Gasteiger partial charge in [0.1, 0.15) is 6.04 Å². The van der Waals surface area contributed by atoms with E-state index in [1.54, 1.807) is 18.2 Å². The zero-order valence-electron chi connectivity index (χ0n) is 20.6. The van der Waals surface area contributed by atoms with Gasteiger partial charge in [-0.05, 0) is 61.9 Å². The van der Waals surface area contributed by atoms with E-state index in [2.05, 4.69) is 10.6 Å². The van der Waals surface area contributed by atoms with Crippen LogP contribution in [0.25, 0.3) is 0 Å². The van der Waals surface area contributed by atoms with Gasteiger partial charge in [0.05, 0.1) is 5.69 Å². The lowest BCUT2D eigenvalue weighted by atomic mass is 9.82. The number of nitrogens with zero attached hydrogens (tertiary/aromatic N) is 1. The second kappa shape index (κ2) is 10.8. The van der Waals surface area contributed by atoms with Crippen molar-refractivity contribution in [2.75, 3.05) is 24.6 Å². The normalized spacial score (nSPS) is 25.9. The van der Waals surface area contributed by atoms with Gasteiger partial charge in [0.25, 0.3) is 5.91 Å². The molecule has 1 saturated heterocycles. The Bertz CT molecular complexity index is 1160. The van der Waals surface area contributed by atoms with Gasteiger partial charge < -0.3 is 20.5 Å². The Kier molecular flexibility index (Phi) is 7.51. The summed E-state index contributed by atoms with van der Waals surface area (Å²) in [5.41, 5.74) is 1.11. The number of rotatable bonds is 6. The molecule has 2 aromatic carbocycles. The topological polar surface area (TPSA) is 108 Å². The highest BCUT2D eigenvalue weighted by atomic mass is 35.5. The Labute approximate surface area is 221 Å². The average Bonchev–Trinajstić information content (AvgIpc) is 3.38. The van der Waals surface area contributed by atoms with Crippen molar-refractivity contribution < 1.29 is 24.2 Å². The molecule has 0 aromatic heterocycles. The third-order valence-corrected chi connectivity index (χ3v) is 8.10. The standard InChI is InChI=1S/C28H32ClN3O5/c29-21-10-11-24-22(15-21)28(12-13-30-17-28)37-27(36)32(24)26(35)23(14-18-4-2-1-3-5-18)31-25(34)20-8-6-19(16-33)7-9-20/h1-5,10-11,15,19-20,23,30,33H,6-9,12-14,16-17H2,(H,31,34). The molecule has 2 atom stereocenters. The summed E-state index contributed by atoms with van der Waals surface area (Å²) in [6, 6.07) is 13.5. The molecule has 8 nitrogen and oxygen atoms in total. The number of ether oxygens (including phenoxy) is 1. The molecule has 2 fully saturated rings. The van der Waals surface area contributed by atoms with Crippen LogP contribution in [0.1, 0.15) is 43.2 Å². The van der Waals surface area contributed by atoms with E-state index in [-0.39, 0.29) is 30.8 Å². The first-order chi connectivity index (χ1) is 17.9. The zero-order chi connectivity index (χ0) is 26.0. The Balaban J connectivity index is 1.44. The van der Waals surface area contributed by atoms with Gasteiger partial charge >= 0.3 is 6.09 Å². The summed E-state index contributed by atoms with van der Waals surface area (Å²) in [6.07, 6.45) is 2.92. The van der Waals surface area contributed by atoms with Crippen LogP contribution in [-0.4, -0.2) is 48.8 Å². The number of imide groups is 1. The molecule has 0 bridgehead atoms. The molecule has 2 aromatic rings. The molecule has 5 rings (SSSR count). The number of carbonyl (C=O) groups excluding carboxylic acids is 3. The van der Waals surface area contributed by atoms with Crippen molar-refractivity contribution in [3.05, 3.63) is 64.7 Å². The predicted octanol–water partition coefficient (Wildman–Crippen LogP) is 3.54. The SMILES string of the molecule is O=C(NC(Cc1ccccc1)C(=O)N1C(=O)OC2(CCNC2)c2cc(Cl)ccc21)C1CCC(CO)CC1. The van der Waals surface area contributed by atoms with Gasteiger partial charge in [-0.15, -0.1) is 0 Å². The van der Waals surface area contributed by atoms with Crippen LogP contribution in [0, 0.1) is 11.8 Å². The summed E-state index contributed by atoms with van der Waals surface area (Å²) < 4.78 is 5.90. The lowest BCUT2D eigenvalue weighted by Gasteiger charge is -2.40. The number of benzene rings is 2. The van der Waals surface area contributed by atoms with Crippen LogP contribution in [-0.2, 0) is 26.3 Å². The van der Waals surface area contributed by atoms with Crippen molar-refractivity contribution in [1.82, 2.24) is 10.6 Å². The number of hydrogen-bond acceptors (Lipinski definition) is 6. The van der Waals surface area contributed by atoms with Crippen LogP contribution in [0.4, 0.5) is 10.5 Å². The van der Waals surface area contributed by atoms with Gasteiger partial charge in [0.15, 0.2) is 5.60 Å². The van der Waals surface area contributed by atoms with Gasteiger partial charge in [-0.2, -0.15) is 0 Å². The van der Waals surface area contributed by atoms with E-state index in [0.29, 0.717) is 48.6 Å². The van der Waals surface area contributed by atoms with Gasteiger partial charge in [0.2, 0.25) is 5.91 Å². The highest BCUT2D eigenvalue weighted by Gasteiger charge is 2.49. The number of halogens is 1. The fourth-order valence-corrected chi connectivity index (χ4v) is 5.90. The van der Waals surface area contributed by atoms with Crippen LogP contribution in [0.15, 0.2) is 48.5 Å². The number of amides is 3. The number of nitrogens with one attached hydrogen (secondary N) is 2. The number of aliphatic hydroxyl groups excluding tert-OH is 1. The Morgan fingerprint density at radius 3 is 2.59 bits per heavy atom. The Morgan fingerprint density at radius 2 is 1.92 bits per heavy atom. The van der Waals surface area contributed by atoms with Gasteiger partial charge in [-0.1, -0.05) is 41.9 Å². The van der Waals surface area contributed by atoms with E-state index in [4.69, 9.17) is 16.3 Å². The van der Waals surface area contributed by atoms with E-state index in [9.17, 15) is 19.5 Å². The van der Waals surface area contributed by atoms with E-state index in [1.807, 2.05) is 30.3 Å². The van der Waals surface area contributed by atoms with Crippen molar-refractivity contribution in [1.29, 1.82) is 0 Å². The van der Waals surface area contributed by atoms with Crippen LogP contribution < -0.4 is 15.5 Å². The van der Waals surface area contributed by atoms with E-state index < -0.39 is 23.6 Å². The molecule has 1 spiro atoms. The Morgan fingerprint density at radius 1 is 1.16 bits per heavy atom. The minimum Gasteiger partial charge on any atom is -0.436 e. The summed E-state index contributed by atoms with van der Waals surface area (Å²) in [4.78, 5) is 41.7. The molecule has 3 aliphatic rings. The quantitative estimate of drug-likeness (QED) is 0.532. The molecule has 9 heteroatoms. The van der Waals surface area contributed by atoms with Crippen LogP contribution in [0.5, 0.6) is 0 Å². The van der Waals surface area contributed by atoms with Crippen molar-refractivity contribution in [3.8, 4) is 0 Å². The summed E-state index contributed by atoms with van der Waals surface area (Å²) in [7, 11) is 0. The lowest BCUT2D eigenvalue weighted by molar-refractivity contribution is -0.131. The largest absolute Gasteiger partial charge is 0.436 e. The fourth-order valence-electron chi connectivity index (χ4n) is 5.73. The molecule has 2 aliphatic heterocycles. The van der Waals surface area contributed by atoms with Gasteiger partial charge in [0, 0.05) is 42.5 Å². The van der Waals surface area contributed by atoms with E-state index >= 15 is 0 Å². The molecule has 1 aliphatic carbocycles. The molecule has 3 amide bonds. The second-order valence-corrected chi connectivity index (χ2v) is 10.7. The van der Waals surface area contributed by atoms with Crippen molar-refractivity contribution in [3.63, 3.8) is 0 Å². The zero-order valence-corrected chi connectivity index (χ0v) is 21.4. The molecular weight excluding hydrogens is 494 g/mol. The number of hydrogen-bond donors (Lipinski definition) is 3. The molecular formula is C28H32ClN3O5. The summed E-state index contributed by atoms with van der Waals surface area (Å²) in [5, 5.41) is 16.1. The fraction of sp³-hybridized carbons (Fsp3) is 0.464. The average molecular weight is 526 g/mol. The molecule has 1 saturated carbocycles. The van der Waals surface area contributed by atoms with Gasteiger partial charge in [-0.3, -0.25) is 9.59 Å². The minimum absolute atomic E-state index is 0.126. The maximum absolute atomic E-state index is 14.0. The van der Waals surface area contributed by atoms with Crippen molar-refractivity contribution >= 4 is 35.2 Å². The highest BCUT2D eigenvalue weighted by molar-refractivity contribution is 6.31. The summed E-state index contributed by atoms with van der Waals surface area (Å²) in [5.74, 6) is -0.768. The molecule has 37 heavy (non-hydrogen) atoms. The van der Waals surface area contributed by atoms with Crippen LogP contribution in [0.2, 0.25) is 5.02 Å². The number of fused-ring (bicyclic) bond motifs is 2. The van der Waals surface area contributed by atoms with Crippen molar-refractivity contribution in [2.24, 2.45) is 11.8 Å². The molecule has 196 valence electrons. The maximum Gasteiger partial charge on any atom is 0.422 e. The van der Waals surface area contributed by atoms with Crippen LogP contribution >= 0.6 is 11.6 Å². The van der Waals surface area contributed by atoms with Gasteiger partial charge in [-0.25, -0.2) is 9.69 Å². The first-order valence-corrected chi connectivity index (χ1v) is 13.3. The lowest BCUT2D eigenvalue weighted by Crippen LogP contribution is -2.56. The molecule has 0 radical (unpaired) electrons. The minimum atomic E-state index is -0.961. The smallest absolute Gasteiger partial charge is 0.422 e. The number of carbonyl (C=O) groups is 3. The predicted molar refractivity (Wildman–Crippen MR) is 139 cm³/mol. The summed E-state index contributed by atoms with van der Waals surface area (Å²) in [6.45, 7) is 1.24. The third kappa shape index (κ3) is 5.23. The Hall–Kier alpha value is -2.94. The molecule has 2 unspecified atom stereocenters. The monoisotopic (exact) mass is 525 g/mol. The van der Waals surface area contributed by atoms with Crippen molar-refractivity contribution in [2.45, 2.75) is 50.2 Å². The third-order valence-electron chi connectivity index (χ3n) is 7.87. The summed E-state index contributed by atoms with van der Waals surface area (Å²) >= 11 is 6.31. The highest BCUT2D eigenvalue weighted by Crippen LogP contribution is 2.44. The maximum atomic E-state index is 14.0. The van der Waals surface area contributed by atoms with Crippen LogP contribution in [0.3, 0.4) is 0 Å². The van der Waals surface area contributed by atoms with E-state index in [1.165, 1.54) is 0 Å². The molecule has 2 heterocycles. The molecule has 3 N–H and O–H groups in total.